The van der Waals surface area contributed by atoms with Gasteiger partial charge in [0.25, 0.3) is 11.8 Å². The first kappa shape index (κ1) is 19.5. The van der Waals surface area contributed by atoms with Gasteiger partial charge in [-0.2, -0.15) is 0 Å². The first-order valence-electron chi connectivity index (χ1n) is 9.23. The maximum Gasteiger partial charge on any atom is 0.339 e. The molecule has 2 aromatic rings. The highest BCUT2D eigenvalue weighted by molar-refractivity contribution is 6.08. The first-order valence-corrected chi connectivity index (χ1v) is 9.23. The Labute approximate surface area is 163 Å². The number of esters is 1. The second-order valence-corrected chi connectivity index (χ2v) is 6.92. The third-order valence-electron chi connectivity index (χ3n) is 4.77. The van der Waals surface area contributed by atoms with Crippen molar-refractivity contribution >= 4 is 23.5 Å². The van der Waals surface area contributed by atoms with E-state index in [1.54, 1.807) is 29.2 Å². The maximum atomic E-state index is 12.7. The van der Waals surface area contributed by atoms with Gasteiger partial charge < -0.3 is 15.0 Å². The molecule has 1 atom stereocenters. The van der Waals surface area contributed by atoms with Gasteiger partial charge in [-0.1, -0.05) is 19.1 Å². The molecule has 2 heterocycles. The number of likely N-dealkylation sites (tertiary alicyclic amines) is 1. The second-order valence-electron chi connectivity index (χ2n) is 6.92. The minimum Gasteiger partial charge on any atom is -0.465 e. The number of piperidine rings is 1. The van der Waals surface area contributed by atoms with Crippen molar-refractivity contribution in [3.05, 3.63) is 59.4 Å². The van der Waals surface area contributed by atoms with E-state index in [1.165, 1.54) is 25.4 Å². The van der Waals surface area contributed by atoms with Gasteiger partial charge in [0.1, 0.15) is 5.69 Å². The number of nitrogens with zero attached hydrogens (tertiary/aromatic N) is 2. The summed E-state index contributed by atoms with van der Waals surface area (Å²) in [5.74, 6) is -0.685. The Hall–Kier alpha value is -3.22. The number of pyridine rings is 1. The summed E-state index contributed by atoms with van der Waals surface area (Å²) in [5, 5.41) is 2.70. The average molecular weight is 381 g/mol. The van der Waals surface area contributed by atoms with Gasteiger partial charge in [0.15, 0.2) is 0 Å². The summed E-state index contributed by atoms with van der Waals surface area (Å²) in [6.45, 7) is 3.52. The van der Waals surface area contributed by atoms with Gasteiger partial charge in [-0.15, -0.1) is 0 Å². The molecule has 28 heavy (non-hydrogen) atoms. The molecule has 0 spiro atoms. The standard InChI is InChI=1S/C21H23N3O4/c1-14-6-5-11-24(13-14)20(26)18-12-15(9-10-22-18)19(25)23-17-8-4-3-7-16(17)21(27)28-2/h3-4,7-10,12,14H,5-6,11,13H2,1-2H3,(H,23,25). The van der Waals surface area contributed by atoms with Gasteiger partial charge in [0.05, 0.1) is 18.4 Å². The molecule has 1 aromatic heterocycles. The zero-order chi connectivity index (χ0) is 20.1. The smallest absolute Gasteiger partial charge is 0.339 e. The monoisotopic (exact) mass is 381 g/mol. The van der Waals surface area contributed by atoms with E-state index >= 15 is 0 Å². The summed E-state index contributed by atoms with van der Waals surface area (Å²) in [4.78, 5) is 43.2. The molecular weight excluding hydrogens is 358 g/mol. The molecule has 0 radical (unpaired) electrons. The minimum atomic E-state index is -0.541. The van der Waals surface area contributed by atoms with Crippen LogP contribution in [0.2, 0.25) is 0 Å². The Morgan fingerprint density at radius 2 is 2.00 bits per heavy atom. The lowest BCUT2D eigenvalue weighted by atomic mass is 10.00. The van der Waals surface area contributed by atoms with Crippen molar-refractivity contribution in [2.75, 3.05) is 25.5 Å². The molecule has 0 aliphatic carbocycles. The molecule has 1 fully saturated rings. The van der Waals surface area contributed by atoms with E-state index in [2.05, 4.69) is 17.2 Å². The van der Waals surface area contributed by atoms with Crippen molar-refractivity contribution in [2.45, 2.75) is 19.8 Å². The predicted molar refractivity (Wildman–Crippen MR) is 104 cm³/mol. The van der Waals surface area contributed by atoms with E-state index in [0.29, 0.717) is 30.3 Å². The average Bonchev–Trinajstić information content (AvgIpc) is 2.73. The Bertz CT molecular complexity index is 897. The number of hydrogen-bond acceptors (Lipinski definition) is 5. The maximum absolute atomic E-state index is 12.7. The van der Waals surface area contributed by atoms with Gasteiger partial charge in [-0.3, -0.25) is 14.6 Å². The lowest BCUT2D eigenvalue weighted by molar-refractivity contribution is 0.0601. The van der Waals surface area contributed by atoms with Gasteiger partial charge >= 0.3 is 5.97 Å². The SMILES string of the molecule is COC(=O)c1ccccc1NC(=O)c1ccnc(C(=O)N2CCCC(C)C2)c1. The van der Waals surface area contributed by atoms with Crippen molar-refractivity contribution < 1.29 is 19.1 Å². The van der Waals surface area contributed by atoms with Crippen molar-refractivity contribution in [3.8, 4) is 0 Å². The fourth-order valence-electron chi connectivity index (χ4n) is 3.30. The topological polar surface area (TPSA) is 88.6 Å². The summed E-state index contributed by atoms with van der Waals surface area (Å²) in [6.07, 6.45) is 3.53. The van der Waals surface area contributed by atoms with E-state index in [-0.39, 0.29) is 17.2 Å². The molecule has 1 aliphatic heterocycles. The number of benzene rings is 1. The molecule has 1 saturated heterocycles. The Morgan fingerprint density at radius 1 is 1.21 bits per heavy atom. The number of carbonyl (C=O) groups excluding carboxylic acids is 3. The van der Waals surface area contributed by atoms with Crippen LogP contribution in [0.5, 0.6) is 0 Å². The van der Waals surface area contributed by atoms with Crippen LogP contribution in [0.3, 0.4) is 0 Å². The number of para-hydroxylation sites is 1. The highest BCUT2D eigenvalue weighted by atomic mass is 16.5. The van der Waals surface area contributed by atoms with Crippen LogP contribution < -0.4 is 5.32 Å². The highest BCUT2D eigenvalue weighted by Gasteiger charge is 2.23. The number of carbonyl (C=O) groups is 3. The number of anilines is 1. The van der Waals surface area contributed by atoms with Crippen molar-refractivity contribution in [1.29, 1.82) is 0 Å². The van der Waals surface area contributed by atoms with Gasteiger partial charge in [-0.05, 0) is 43.0 Å². The molecule has 0 bridgehead atoms. The van der Waals surface area contributed by atoms with Crippen molar-refractivity contribution in [1.82, 2.24) is 9.88 Å². The molecule has 146 valence electrons. The van der Waals surface area contributed by atoms with Gasteiger partial charge in [0.2, 0.25) is 0 Å². The number of nitrogens with one attached hydrogen (secondary N) is 1. The molecular formula is C21H23N3O4. The summed E-state index contributed by atoms with van der Waals surface area (Å²) in [6, 6.07) is 9.60. The third-order valence-corrected chi connectivity index (χ3v) is 4.77. The van der Waals surface area contributed by atoms with Crippen LogP contribution in [0.1, 0.15) is 51.0 Å². The van der Waals surface area contributed by atoms with Crippen LogP contribution in [-0.4, -0.2) is 47.9 Å². The summed E-state index contributed by atoms with van der Waals surface area (Å²) < 4.78 is 4.74. The van der Waals surface area contributed by atoms with E-state index in [4.69, 9.17) is 4.74 Å². The van der Waals surface area contributed by atoms with Crippen LogP contribution in [0.25, 0.3) is 0 Å². The molecule has 1 unspecified atom stereocenters. The number of methoxy groups -OCH3 is 1. The zero-order valence-corrected chi connectivity index (χ0v) is 16.0. The minimum absolute atomic E-state index is 0.170. The van der Waals surface area contributed by atoms with E-state index in [9.17, 15) is 14.4 Å². The molecule has 2 amide bonds. The Kier molecular flexibility index (Phi) is 6.03. The van der Waals surface area contributed by atoms with E-state index in [1.807, 2.05) is 0 Å². The predicted octanol–water partition coefficient (Wildman–Crippen LogP) is 2.99. The lowest BCUT2D eigenvalue weighted by Crippen LogP contribution is -2.39. The quantitative estimate of drug-likeness (QED) is 0.823. The molecule has 0 saturated carbocycles. The number of ether oxygens (including phenoxy) is 1. The lowest BCUT2D eigenvalue weighted by Gasteiger charge is -2.30. The second kappa shape index (κ2) is 8.65. The first-order chi connectivity index (χ1) is 13.5. The molecule has 7 nitrogen and oxygen atoms in total. The van der Waals surface area contributed by atoms with Gasteiger partial charge in [-0.25, -0.2) is 4.79 Å². The molecule has 1 aliphatic rings. The number of amides is 2. The molecule has 7 heteroatoms. The van der Waals surface area contributed by atoms with Crippen molar-refractivity contribution in [2.24, 2.45) is 5.92 Å². The fraction of sp³-hybridized carbons (Fsp3) is 0.333. The highest BCUT2D eigenvalue weighted by Crippen LogP contribution is 2.19. The summed E-state index contributed by atoms with van der Waals surface area (Å²) in [5.41, 5.74) is 1.13. The van der Waals surface area contributed by atoms with Crippen LogP contribution in [-0.2, 0) is 4.74 Å². The van der Waals surface area contributed by atoms with Crippen LogP contribution in [0.15, 0.2) is 42.6 Å². The summed E-state index contributed by atoms with van der Waals surface area (Å²) in [7, 11) is 1.28. The number of rotatable bonds is 4. The summed E-state index contributed by atoms with van der Waals surface area (Å²) >= 11 is 0. The Balaban J connectivity index is 1.78. The van der Waals surface area contributed by atoms with Crippen LogP contribution in [0, 0.1) is 5.92 Å². The molecule has 3 rings (SSSR count). The molecule has 1 N–H and O–H groups in total. The zero-order valence-electron chi connectivity index (χ0n) is 16.0. The van der Waals surface area contributed by atoms with Crippen molar-refractivity contribution in [3.63, 3.8) is 0 Å². The van der Waals surface area contributed by atoms with Gasteiger partial charge in [0, 0.05) is 24.8 Å². The number of hydrogen-bond donors (Lipinski definition) is 1. The Morgan fingerprint density at radius 3 is 2.75 bits per heavy atom. The largest absolute Gasteiger partial charge is 0.465 e. The third kappa shape index (κ3) is 4.36. The normalized spacial score (nSPS) is 16.4. The fourth-order valence-corrected chi connectivity index (χ4v) is 3.30. The van der Waals surface area contributed by atoms with E-state index in [0.717, 1.165) is 12.8 Å². The van der Waals surface area contributed by atoms with Crippen LogP contribution >= 0.6 is 0 Å². The van der Waals surface area contributed by atoms with Crippen LogP contribution in [0.4, 0.5) is 5.69 Å². The number of aromatic nitrogens is 1. The van der Waals surface area contributed by atoms with E-state index < -0.39 is 11.9 Å². The molecule has 1 aromatic carbocycles.